The van der Waals surface area contributed by atoms with Crippen LogP contribution in [-0.4, -0.2) is 36.9 Å². The summed E-state index contributed by atoms with van der Waals surface area (Å²) >= 11 is 0. The summed E-state index contributed by atoms with van der Waals surface area (Å²) in [5.74, 6) is 0. The Morgan fingerprint density at radius 3 is 2.62 bits per heavy atom. The van der Waals surface area contributed by atoms with Gasteiger partial charge in [-0.3, -0.25) is 4.90 Å². The molecule has 1 fully saturated rings. The van der Waals surface area contributed by atoms with E-state index in [-0.39, 0.29) is 19.7 Å². The predicted molar refractivity (Wildman–Crippen MR) is 83.0 cm³/mol. The molecule has 130 valence electrons. The first-order valence-corrected chi connectivity index (χ1v) is 7.68. The van der Waals surface area contributed by atoms with Crippen LogP contribution in [0.15, 0.2) is 27.4 Å². The number of morpholine rings is 1. The Hall–Kier alpha value is -1.86. The first-order chi connectivity index (χ1) is 11.2. The molecule has 0 spiro atoms. The minimum atomic E-state index is -4.38. The van der Waals surface area contributed by atoms with E-state index in [2.05, 4.69) is 0 Å². The van der Waals surface area contributed by atoms with Gasteiger partial charge in [0.1, 0.15) is 5.58 Å². The van der Waals surface area contributed by atoms with Gasteiger partial charge < -0.3 is 9.15 Å². The number of halogens is 3. The van der Waals surface area contributed by atoms with Crippen LogP contribution in [0.5, 0.6) is 0 Å². The van der Waals surface area contributed by atoms with Gasteiger partial charge >= 0.3 is 11.8 Å². The van der Waals surface area contributed by atoms with Crippen molar-refractivity contribution in [3.63, 3.8) is 0 Å². The zero-order valence-electron chi connectivity index (χ0n) is 13.4. The third-order valence-corrected chi connectivity index (χ3v) is 4.35. The first-order valence-electron chi connectivity index (χ1n) is 7.68. The average Bonchev–Trinajstić information content (AvgIpc) is 2.49. The Labute approximate surface area is 136 Å². The fourth-order valence-electron chi connectivity index (χ4n) is 2.90. The summed E-state index contributed by atoms with van der Waals surface area (Å²) in [6.45, 7) is 4.27. The first kappa shape index (κ1) is 17.0. The smallest absolute Gasteiger partial charge is 0.415 e. The molecule has 1 atom stereocenters. The second kappa shape index (κ2) is 6.22. The average molecular weight is 341 g/mol. The van der Waals surface area contributed by atoms with E-state index in [9.17, 15) is 18.0 Å². The van der Waals surface area contributed by atoms with Crippen LogP contribution in [0.25, 0.3) is 11.0 Å². The van der Waals surface area contributed by atoms with Crippen LogP contribution >= 0.6 is 0 Å². The fraction of sp³-hybridized carbons (Fsp3) is 0.471. The monoisotopic (exact) mass is 341 g/mol. The van der Waals surface area contributed by atoms with Crippen molar-refractivity contribution >= 4 is 11.0 Å². The van der Waals surface area contributed by atoms with Crippen molar-refractivity contribution in [1.29, 1.82) is 0 Å². The Bertz CT molecular complexity index is 813. The molecule has 1 saturated heterocycles. The van der Waals surface area contributed by atoms with E-state index in [1.165, 1.54) is 6.07 Å². The van der Waals surface area contributed by atoms with Crippen LogP contribution in [0.2, 0.25) is 0 Å². The van der Waals surface area contributed by atoms with E-state index in [1.807, 2.05) is 19.9 Å². The van der Waals surface area contributed by atoms with Crippen LogP contribution in [0.4, 0.5) is 13.2 Å². The molecule has 4 nitrogen and oxygen atoms in total. The van der Waals surface area contributed by atoms with E-state index >= 15 is 0 Å². The van der Waals surface area contributed by atoms with Gasteiger partial charge in [0, 0.05) is 31.1 Å². The lowest BCUT2D eigenvalue weighted by Gasteiger charge is -2.33. The largest absolute Gasteiger partial charge is 0.423 e. The summed E-state index contributed by atoms with van der Waals surface area (Å²) in [7, 11) is 0. The van der Waals surface area contributed by atoms with Gasteiger partial charge in [-0.1, -0.05) is 0 Å². The highest BCUT2D eigenvalue weighted by molar-refractivity contribution is 5.81. The van der Waals surface area contributed by atoms with Gasteiger partial charge in [-0.05, 0) is 42.7 Å². The molecule has 0 radical (unpaired) electrons. The van der Waals surface area contributed by atoms with E-state index < -0.39 is 17.9 Å². The molecular formula is C17H18F3NO3. The molecule has 0 N–H and O–H groups in total. The maximum absolute atomic E-state index is 12.9. The predicted octanol–water partition coefficient (Wildman–Crippen LogP) is 3.17. The highest BCUT2D eigenvalue weighted by atomic mass is 19.4. The third kappa shape index (κ3) is 3.47. The summed E-state index contributed by atoms with van der Waals surface area (Å²) in [6, 6.07) is 5.05. The van der Waals surface area contributed by atoms with Crippen LogP contribution in [-0.2, 0) is 11.3 Å². The third-order valence-electron chi connectivity index (χ3n) is 4.35. The molecular weight excluding hydrogens is 323 g/mol. The lowest BCUT2D eigenvalue weighted by molar-refractivity contribution is -0.237. The molecule has 0 bridgehead atoms. The molecule has 0 aliphatic carbocycles. The van der Waals surface area contributed by atoms with Crippen molar-refractivity contribution in [2.45, 2.75) is 32.7 Å². The van der Waals surface area contributed by atoms with Crippen LogP contribution in [0, 0.1) is 13.8 Å². The SMILES string of the molecule is Cc1cc2oc(=O)cc(CN3CCOC(C(F)(F)F)C3)c2cc1C. The lowest BCUT2D eigenvalue weighted by atomic mass is 10.0. The Morgan fingerprint density at radius 2 is 1.92 bits per heavy atom. The summed E-state index contributed by atoms with van der Waals surface area (Å²) in [4.78, 5) is 13.4. The number of benzene rings is 1. The maximum atomic E-state index is 12.9. The van der Waals surface area contributed by atoms with Crippen molar-refractivity contribution in [2.75, 3.05) is 19.7 Å². The van der Waals surface area contributed by atoms with Gasteiger partial charge in [0.2, 0.25) is 0 Å². The van der Waals surface area contributed by atoms with Gasteiger partial charge in [-0.15, -0.1) is 0 Å². The number of hydrogen-bond donors (Lipinski definition) is 0. The molecule has 3 rings (SSSR count). The molecule has 24 heavy (non-hydrogen) atoms. The quantitative estimate of drug-likeness (QED) is 0.787. The van der Waals surface area contributed by atoms with E-state index in [0.29, 0.717) is 17.7 Å². The zero-order valence-corrected chi connectivity index (χ0v) is 13.4. The van der Waals surface area contributed by atoms with E-state index in [0.717, 1.165) is 16.5 Å². The maximum Gasteiger partial charge on any atom is 0.415 e. The normalized spacial score (nSPS) is 19.8. The Balaban J connectivity index is 1.92. The molecule has 1 aliphatic heterocycles. The van der Waals surface area contributed by atoms with Gasteiger partial charge in [0.05, 0.1) is 6.61 Å². The molecule has 7 heteroatoms. The number of ether oxygens (including phenoxy) is 1. The number of aryl methyl sites for hydroxylation is 2. The summed E-state index contributed by atoms with van der Waals surface area (Å²) in [5.41, 5.74) is 2.66. The van der Waals surface area contributed by atoms with Gasteiger partial charge in [0.15, 0.2) is 6.10 Å². The van der Waals surface area contributed by atoms with Crippen LogP contribution in [0.1, 0.15) is 16.7 Å². The van der Waals surface area contributed by atoms with Crippen LogP contribution in [0.3, 0.4) is 0 Å². The molecule has 0 amide bonds. The van der Waals surface area contributed by atoms with Crippen LogP contribution < -0.4 is 5.63 Å². The molecule has 1 unspecified atom stereocenters. The molecule has 1 aromatic heterocycles. The zero-order chi connectivity index (χ0) is 17.5. The highest BCUT2D eigenvalue weighted by Crippen LogP contribution is 2.27. The van der Waals surface area contributed by atoms with Crippen molar-refractivity contribution in [2.24, 2.45) is 0 Å². The van der Waals surface area contributed by atoms with Gasteiger partial charge in [0.25, 0.3) is 0 Å². The minimum Gasteiger partial charge on any atom is -0.423 e. The Morgan fingerprint density at radius 1 is 1.21 bits per heavy atom. The lowest BCUT2D eigenvalue weighted by Crippen LogP contribution is -2.48. The Kier molecular flexibility index (Phi) is 4.40. The molecule has 0 saturated carbocycles. The summed E-state index contributed by atoms with van der Waals surface area (Å²) in [6.07, 6.45) is -6.17. The number of rotatable bonds is 2. The molecule has 1 aliphatic rings. The van der Waals surface area contributed by atoms with Crippen molar-refractivity contribution in [1.82, 2.24) is 4.90 Å². The van der Waals surface area contributed by atoms with Crippen molar-refractivity contribution in [3.05, 3.63) is 45.3 Å². The summed E-state index contributed by atoms with van der Waals surface area (Å²) in [5, 5.41) is 0.757. The summed E-state index contributed by atoms with van der Waals surface area (Å²) < 4.78 is 48.6. The molecule has 1 aromatic carbocycles. The standard InChI is InChI=1S/C17H18F3NO3/c1-10-5-13-12(7-16(22)24-14(13)6-11(10)2)8-21-3-4-23-15(9-21)17(18,19)20/h5-7,15H,3-4,8-9H2,1-2H3. The second-order valence-electron chi connectivity index (χ2n) is 6.16. The second-order valence-corrected chi connectivity index (χ2v) is 6.16. The van der Waals surface area contributed by atoms with Crippen molar-refractivity contribution in [3.8, 4) is 0 Å². The van der Waals surface area contributed by atoms with Gasteiger partial charge in [-0.2, -0.15) is 13.2 Å². The topological polar surface area (TPSA) is 42.7 Å². The number of alkyl halides is 3. The highest BCUT2D eigenvalue weighted by Gasteiger charge is 2.43. The number of fused-ring (bicyclic) bond motifs is 1. The van der Waals surface area contributed by atoms with Gasteiger partial charge in [-0.25, -0.2) is 4.79 Å². The molecule has 2 heterocycles. The number of nitrogens with zero attached hydrogens (tertiary/aromatic N) is 1. The van der Waals surface area contributed by atoms with Crippen molar-refractivity contribution < 1.29 is 22.3 Å². The minimum absolute atomic E-state index is 0.0156. The fourth-order valence-corrected chi connectivity index (χ4v) is 2.90. The van der Waals surface area contributed by atoms with E-state index in [4.69, 9.17) is 9.15 Å². The van der Waals surface area contributed by atoms with E-state index in [1.54, 1.807) is 11.0 Å². The number of hydrogen-bond acceptors (Lipinski definition) is 4. The molecule has 2 aromatic rings.